The van der Waals surface area contributed by atoms with Crippen LogP contribution in [0.4, 0.5) is 0 Å². The van der Waals surface area contributed by atoms with Crippen molar-refractivity contribution in [2.75, 3.05) is 5.33 Å². The molecular formula is C5H10Br3OTi. The minimum atomic E-state index is -0.304. The SMILES string of the molecule is OC(Br)CCCCBr.[Ti][Br]. The first-order chi connectivity index (χ1) is 4.77. The fourth-order valence-corrected chi connectivity index (χ4v) is 1.13. The van der Waals surface area contributed by atoms with Crippen molar-refractivity contribution in [3.05, 3.63) is 0 Å². The van der Waals surface area contributed by atoms with Crippen molar-refractivity contribution in [2.45, 2.75) is 24.3 Å². The van der Waals surface area contributed by atoms with Crippen molar-refractivity contribution in [1.29, 1.82) is 0 Å². The molecule has 1 unspecified atom stereocenters. The van der Waals surface area contributed by atoms with Crippen molar-refractivity contribution in [3.63, 3.8) is 0 Å². The summed E-state index contributed by atoms with van der Waals surface area (Å²) in [6.45, 7) is 0. The van der Waals surface area contributed by atoms with Gasteiger partial charge in [-0.1, -0.05) is 31.9 Å². The van der Waals surface area contributed by atoms with Gasteiger partial charge in [0.2, 0.25) is 0 Å². The molecular weight excluding hydrogens is 364 g/mol. The first-order valence-electron chi connectivity index (χ1n) is 2.84. The molecule has 0 amide bonds. The molecule has 0 aliphatic rings. The molecule has 0 aliphatic heterocycles. The number of hydrogen-bond acceptors (Lipinski definition) is 1. The van der Waals surface area contributed by atoms with E-state index in [2.05, 4.69) is 45.0 Å². The van der Waals surface area contributed by atoms with Crippen LogP contribution in [0, 0.1) is 0 Å². The zero-order valence-corrected chi connectivity index (χ0v) is 11.8. The quantitative estimate of drug-likeness (QED) is 0.456. The van der Waals surface area contributed by atoms with Gasteiger partial charge in [0.05, 0.1) is 0 Å². The first-order valence-corrected chi connectivity index (χ1v) is 8.74. The maximum absolute atomic E-state index is 8.68. The van der Waals surface area contributed by atoms with E-state index in [0.717, 1.165) is 24.6 Å². The third-order valence-electron chi connectivity index (χ3n) is 0.826. The summed E-state index contributed by atoms with van der Waals surface area (Å²) in [6.07, 6.45) is 3.08. The summed E-state index contributed by atoms with van der Waals surface area (Å²) in [5.41, 5.74) is 0. The zero-order chi connectivity index (χ0) is 8.41. The summed E-state index contributed by atoms with van der Waals surface area (Å²) < 4.78 is 0. The molecule has 1 nitrogen and oxygen atoms in total. The summed E-state index contributed by atoms with van der Waals surface area (Å²) in [6, 6.07) is 0. The summed E-state index contributed by atoms with van der Waals surface area (Å²) >= 11 is 11.1. The predicted octanol–water partition coefficient (Wildman–Crippen LogP) is 3.11. The number of halogens is 3. The second-order valence-electron chi connectivity index (χ2n) is 1.62. The van der Waals surface area contributed by atoms with E-state index in [1.165, 1.54) is 0 Å². The van der Waals surface area contributed by atoms with Crippen LogP contribution in [0.15, 0.2) is 0 Å². The molecule has 61 valence electrons. The number of alkyl halides is 2. The van der Waals surface area contributed by atoms with Crippen LogP contribution in [0.5, 0.6) is 0 Å². The molecule has 0 saturated carbocycles. The van der Waals surface area contributed by atoms with Crippen molar-refractivity contribution in [1.82, 2.24) is 0 Å². The molecule has 0 aliphatic carbocycles. The van der Waals surface area contributed by atoms with Gasteiger partial charge >= 0.3 is 31.5 Å². The average molecular weight is 374 g/mol. The second-order valence-corrected chi connectivity index (χ2v) is 3.47. The summed E-state index contributed by atoms with van der Waals surface area (Å²) in [5, 5.41) is 9.41. The number of rotatable bonds is 4. The molecule has 0 aromatic rings. The Balaban J connectivity index is 0. The molecule has 0 saturated heterocycles. The first kappa shape index (κ1) is 14.6. The molecule has 1 atom stereocenters. The van der Waals surface area contributed by atoms with E-state index in [9.17, 15) is 0 Å². The van der Waals surface area contributed by atoms with Gasteiger partial charge in [-0.3, -0.25) is 0 Å². The van der Waals surface area contributed by atoms with E-state index in [1.807, 2.05) is 18.3 Å². The van der Waals surface area contributed by atoms with Gasteiger partial charge in [0.25, 0.3) is 0 Å². The van der Waals surface area contributed by atoms with Gasteiger partial charge in [0.1, 0.15) is 5.01 Å². The second kappa shape index (κ2) is 13.7. The molecule has 0 aromatic heterocycles. The molecule has 0 spiro atoms. The van der Waals surface area contributed by atoms with E-state index in [0.29, 0.717) is 0 Å². The summed E-state index contributed by atoms with van der Waals surface area (Å²) in [4.78, 5) is 0. The Bertz CT molecular complexity index is 54.2. The van der Waals surface area contributed by atoms with Crippen molar-refractivity contribution in [3.8, 4) is 0 Å². The molecule has 0 aromatic carbocycles. The van der Waals surface area contributed by atoms with Gasteiger partial charge in [0.15, 0.2) is 0 Å². The van der Waals surface area contributed by atoms with Crippen LogP contribution in [0.25, 0.3) is 0 Å². The fraction of sp³-hybridized carbons (Fsp3) is 1.00. The molecule has 0 fully saturated rings. The minimum absolute atomic E-state index is 0.304. The Morgan fingerprint density at radius 3 is 2.10 bits per heavy atom. The Hall–Kier alpha value is 2.11. The van der Waals surface area contributed by atoms with Gasteiger partial charge in [-0.25, -0.2) is 0 Å². The number of hydrogen-bond donors (Lipinski definition) is 1. The van der Waals surface area contributed by atoms with Gasteiger partial charge in [-0.15, -0.1) is 0 Å². The van der Waals surface area contributed by atoms with Gasteiger partial charge in [0, 0.05) is 5.33 Å². The Kier molecular flexibility index (Phi) is 20.0. The third-order valence-corrected chi connectivity index (χ3v) is 1.84. The fourth-order valence-electron chi connectivity index (χ4n) is 0.407. The van der Waals surface area contributed by atoms with Crippen LogP contribution in [-0.2, 0) is 18.3 Å². The molecule has 5 heteroatoms. The standard InChI is InChI=1S/C5H10Br2O.BrH.Ti/c6-4-2-1-3-5(7)8;;/h5,8H,1-4H2;1H;/q;;+1/p-1. The number of aliphatic hydroxyl groups is 1. The van der Waals surface area contributed by atoms with Crippen LogP contribution in [-0.4, -0.2) is 15.4 Å². The van der Waals surface area contributed by atoms with Crippen LogP contribution in [0.3, 0.4) is 0 Å². The Morgan fingerprint density at radius 2 is 1.80 bits per heavy atom. The third kappa shape index (κ3) is 16.6. The van der Waals surface area contributed by atoms with E-state index >= 15 is 0 Å². The Labute approximate surface area is 97.1 Å². The van der Waals surface area contributed by atoms with E-state index in [-0.39, 0.29) is 5.01 Å². The maximum atomic E-state index is 8.68. The predicted molar refractivity (Wildman–Crippen MR) is 51.5 cm³/mol. The van der Waals surface area contributed by atoms with Crippen LogP contribution < -0.4 is 0 Å². The summed E-state index contributed by atoms with van der Waals surface area (Å²) in [7, 11) is 0. The summed E-state index contributed by atoms with van der Waals surface area (Å²) in [5.74, 6) is 0. The Morgan fingerprint density at radius 1 is 1.30 bits per heavy atom. The number of aliphatic hydroxyl groups excluding tert-OH is 1. The van der Waals surface area contributed by atoms with Crippen molar-refractivity contribution < 1.29 is 23.4 Å². The molecule has 10 heavy (non-hydrogen) atoms. The van der Waals surface area contributed by atoms with Crippen molar-refractivity contribution >= 4 is 45.0 Å². The van der Waals surface area contributed by atoms with E-state index in [1.54, 1.807) is 0 Å². The molecule has 1 N–H and O–H groups in total. The average Bonchev–Trinajstić information content (AvgIpc) is 1.92. The van der Waals surface area contributed by atoms with Crippen LogP contribution >= 0.6 is 45.0 Å². The van der Waals surface area contributed by atoms with Gasteiger partial charge in [-0.2, -0.15) is 0 Å². The molecule has 0 rings (SSSR count). The molecule has 0 radical (unpaired) electrons. The van der Waals surface area contributed by atoms with E-state index in [4.69, 9.17) is 5.11 Å². The normalized spacial score (nSPS) is 11.5. The molecule has 0 bridgehead atoms. The van der Waals surface area contributed by atoms with Gasteiger partial charge in [-0.05, 0) is 19.3 Å². The van der Waals surface area contributed by atoms with E-state index < -0.39 is 0 Å². The van der Waals surface area contributed by atoms with Crippen LogP contribution in [0.1, 0.15) is 19.3 Å². The van der Waals surface area contributed by atoms with Gasteiger partial charge < -0.3 is 5.11 Å². The topological polar surface area (TPSA) is 20.2 Å². The molecule has 0 heterocycles. The number of unbranched alkanes of at least 4 members (excludes halogenated alkanes) is 1. The van der Waals surface area contributed by atoms with Crippen molar-refractivity contribution in [2.24, 2.45) is 0 Å². The zero-order valence-electron chi connectivity index (χ0n) is 5.49. The monoisotopic (exact) mass is 371 g/mol. The van der Waals surface area contributed by atoms with Crippen LogP contribution in [0.2, 0.25) is 0 Å².